The molecule has 88 valence electrons. The molecular formula is C9H18N2O4. The zero-order valence-corrected chi connectivity index (χ0v) is 9.43. The van der Waals surface area contributed by atoms with E-state index in [9.17, 15) is 4.79 Å². The summed E-state index contributed by atoms with van der Waals surface area (Å²) in [4.78, 5) is 19.2. The molecule has 0 atom stereocenters. The maximum absolute atomic E-state index is 10.9. The number of nitrogens with zero attached hydrogens (tertiary/aromatic N) is 2. The van der Waals surface area contributed by atoms with Crippen LogP contribution in [0.1, 0.15) is 25.7 Å². The van der Waals surface area contributed by atoms with Gasteiger partial charge in [0.15, 0.2) is 0 Å². The second-order valence-corrected chi connectivity index (χ2v) is 4.61. The lowest BCUT2D eigenvalue weighted by Gasteiger charge is -2.36. The van der Waals surface area contributed by atoms with Gasteiger partial charge in [-0.15, -0.1) is 0 Å². The molecule has 1 fully saturated rings. The minimum Gasteiger partial charge on any atom is -0.356 e. The number of hydrogen-bond donors (Lipinski definition) is 0. The highest BCUT2D eigenvalue weighted by molar-refractivity contribution is 5.79. The third kappa shape index (κ3) is 6.84. The third-order valence-electron chi connectivity index (χ3n) is 2.61. The molecule has 0 N–H and O–H groups in total. The van der Waals surface area contributed by atoms with Gasteiger partial charge in [-0.1, -0.05) is 0 Å². The SMILES string of the molecule is C[N+](C)(C)C1CCC(=O)CC1.O=[N+]([O-])[O-]. The Bertz CT molecular complexity index is 221. The van der Waals surface area contributed by atoms with Crippen LogP contribution in [0.25, 0.3) is 0 Å². The second-order valence-electron chi connectivity index (χ2n) is 4.61. The van der Waals surface area contributed by atoms with Crippen molar-refractivity contribution < 1.29 is 14.4 Å². The number of quaternary nitrogens is 1. The third-order valence-corrected chi connectivity index (χ3v) is 2.61. The lowest BCUT2D eigenvalue weighted by molar-refractivity contribution is -0.897. The molecule has 0 radical (unpaired) electrons. The number of Topliss-reactive ketones (excluding diaryl/α,β-unsaturated/α-hetero) is 1. The minimum absolute atomic E-state index is 0.453. The normalized spacial score (nSPS) is 17.9. The fourth-order valence-electron chi connectivity index (χ4n) is 1.70. The van der Waals surface area contributed by atoms with Crippen molar-refractivity contribution in [3.8, 4) is 0 Å². The first kappa shape index (κ1) is 13.8. The average molecular weight is 218 g/mol. The van der Waals surface area contributed by atoms with Crippen molar-refractivity contribution in [3.05, 3.63) is 15.3 Å². The van der Waals surface area contributed by atoms with Gasteiger partial charge in [0.25, 0.3) is 0 Å². The van der Waals surface area contributed by atoms with Gasteiger partial charge in [0.1, 0.15) is 5.78 Å². The van der Waals surface area contributed by atoms with Crippen LogP contribution in [0.15, 0.2) is 0 Å². The van der Waals surface area contributed by atoms with Gasteiger partial charge in [0.05, 0.1) is 32.3 Å². The number of hydrogen-bond acceptors (Lipinski definition) is 4. The summed E-state index contributed by atoms with van der Waals surface area (Å²) in [5.41, 5.74) is 0. The summed E-state index contributed by atoms with van der Waals surface area (Å²) in [7, 11) is 6.63. The molecule has 0 aliphatic heterocycles. The summed E-state index contributed by atoms with van der Waals surface area (Å²) < 4.78 is 1.01. The van der Waals surface area contributed by atoms with E-state index < -0.39 is 5.09 Å². The molecule has 0 amide bonds. The van der Waals surface area contributed by atoms with Gasteiger partial charge in [-0.3, -0.25) is 4.79 Å². The van der Waals surface area contributed by atoms with Crippen molar-refractivity contribution in [2.24, 2.45) is 0 Å². The Morgan fingerprint density at radius 2 is 1.53 bits per heavy atom. The van der Waals surface area contributed by atoms with Gasteiger partial charge in [-0.25, -0.2) is 0 Å². The Hall–Kier alpha value is -1.17. The number of rotatable bonds is 1. The van der Waals surface area contributed by atoms with E-state index in [0.717, 1.165) is 30.2 Å². The van der Waals surface area contributed by atoms with E-state index in [4.69, 9.17) is 15.3 Å². The molecule has 0 aromatic heterocycles. The predicted octanol–water partition coefficient (Wildman–Crippen LogP) is 0.965. The van der Waals surface area contributed by atoms with Crippen LogP contribution in [0.3, 0.4) is 0 Å². The van der Waals surface area contributed by atoms with E-state index >= 15 is 0 Å². The van der Waals surface area contributed by atoms with Gasteiger partial charge in [-0.05, 0) is 0 Å². The summed E-state index contributed by atoms with van der Waals surface area (Å²) in [6, 6.07) is 0.702. The van der Waals surface area contributed by atoms with Crippen molar-refractivity contribution in [3.63, 3.8) is 0 Å². The maximum Gasteiger partial charge on any atom is 0.133 e. The number of ketones is 1. The van der Waals surface area contributed by atoms with Crippen molar-refractivity contribution in [2.45, 2.75) is 31.7 Å². The van der Waals surface area contributed by atoms with Gasteiger partial charge < -0.3 is 19.8 Å². The molecular weight excluding hydrogens is 200 g/mol. The number of carbonyl (C=O) groups is 1. The Morgan fingerprint density at radius 1 is 1.20 bits per heavy atom. The van der Waals surface area contributed by atoms with Crippen molar-refractivity contribution in [1.82, 2.24) is 0 Å². The molecule has 0 aromatic rings. The van der Waals surface area contributed by atoms with Crippen molar-refractivity contribution >= 4 is 5.78 Å². The predicted molar refractivity (Wildman–Crippen MR) is 55.7 cm³/mol. The molecule has 0 saturated heterocycles. The topological polar surface area (TPSA) is 83.3 Å². The molecule has 15 heavy (non-hydrogen) atoms. The maximum atomic E-state index is 10.9. The molecule has 6 nitrogen and oxygen atoms in total. The minimum atomic E-state index is -1.75. The molecule has 1 aliphatic carbocycles. The lowest BCUT2D eigenvalue weighted by atomic mass is 9.92. The molecule has 1 saturated carbocycles. The van der Waals surface area contributed by atoms with Gasteiger partial charge >= 0.3 is 0 Å². The summed E-state index contributed by atoms with van der Waals surface area (Å²) in [5, 5.41) is 14.8. The van der Waals surface area contributed by atoms with E-state index in [-0.39, 0.29) is 0 Å². The first-order chi connectivity index (χ1) is 6.73. The van der Waals surface area contributed by atoms with Gasteiger partial charge in [0.2, 0.25) is 0 Å². The summed E-state index contributed by atoms with van der Waals surface area (Å²) in [6.45, 7) is 0. The Morgan fingerprint density at radius 3 is 1.80 bits per heavy atom. The monoisotopic (exact) mass is 218 g/mol. The smallest absolute Gasteiger partial charge is 0.133 e. The molecule has 1 aliphatic rings. The standard InChI is InChI=1S/C9H18NO.NO3/c1-10(2,3)8-4-6-9(11)7-5-8;2-1(3)4/h8H,4-7H2,1-3H3;/q+1;-1. The molecule has 0 unspecified atom stereocenters. The van der Waals surface area contributed by atoms with Crippen LogP contribution in [0.2, 0.25) is 0 Å². The molecule has 0 spiro atoms. The van der Waals surface area contributed by atoms with E-state index in [1.807, 2.05) is 0 Å². The molecule has 0 aromatic carbocycles. The molecule has 1 rings (SSSR count). The Balaban J connectivity index is 0.000000423. The van der Waals surface area contributed by atoms with Crippen LogP contribution in [0, 0.1) is 15.3 Å². The Labute approximate surface area is 89.2 Å². The van der Waals surface area contributed by atoms with E-state index in [0.29, 0.717) is 11.8 Å². The van der Waals surface area contributed by atoms with Crippen molar-refractivity contribution in [2.75, 3.05) is 21.1 Å². The lowest BCUT2D eigenvalue weighted by Crippen LogP contribution is -2.46. The number of carbonyl (C=O) groups excluding carboxylic acids is 1. The van der Waals surface area contributed by atoms with Crippen LogP contribution in [-0.2, 0) is 4.79 Å². The molecule has 0 bridgehead atoms. The Kier molecular flexibility index (Phi) is 5.21. The summed E-state index contributed by atoms with van der Waals surface area (Å²) >= 11 is 0. The first-order valence-electron chi connectivity index (χ1n) is 4.88. The average Bonchev–Trinajstić information content (AvgIpc) is 2.01. The largest absolute Gasteiger partial charge is 0.356 e. The molecule has 6 heteroatoms. The van der Waals surface area contributed by atoms with E-state index in [1.165, 1.54) is 0 Å². The highest BCUT2D eigenvalue weighted by atomic mass is 16.9. The second kappa shape index (κ2) is 5.65. The zero-order chi connectivity index (χ0) is 12.1. The van der Waals surface area contributed by atoms with Crippen LogP contribution >= 0.6 is 0 Å². The first-order valence-corrected chi connectivity index (χ1v) is 4.88. The van der Waals surface area contributed by atoms with E-state index in [1.54, 1.807) is 0 Å². The van der Waals surface area contributed by atoms with Gasteiger partial charge in [0, 0.05) is 25.7 Å². The highest BCUT2D eigenvalue weighted by Crippen LogP contribution is 2.21. The fourth-order valence-corrected chi connectivity index (χ4v) is 1.70. The van der Waals surface area contributed by atoms with Crippen LogP contribution in [-0.4, -0.2) is 42.5 Å². The van der Waals surface area contributed by atoms with Crippen LogP contribution in [0.4, 0.5) is 0 Å². The fraction of sp³-hybridized carbons (Fsp3) is 0.889. The van der Waals surface area contributed by atoms with E-state index in [2.05, 4.69) is 21.1 Å². The zero-order valence-electron chi connectivity index (χ0n) is 9.43. The van der Waals surface area contributed by atoms with Crippen molar-refractivity contribution in [1.29, 1.82) is 0 Å². The highest BCUT2D eigenvalue weighted by Gasteiger charge is 2.28. The quantitative estimate of drug-likeness (QED) is 0.373. The summed E-state index contributed by atoms with van der Waals surface area (Å²) in [6.07, 6.45) is 3.78. The van der Waals surface area contributed by atoms with Crippen LogP contribution < -0.4 is 0 Å². The molecule has 0 heterocycles. The van der Waals surface area contributed by atoms with Crippen LogP contribution in [0.5, 0.6) is 0 Å². The summed E-state index contributed by atoms with van der Waals surface area (Å²) in [5.74, 6) is 0.453. The van der Waals surface area contributed by atoms with Gasteiger partial charge in [-0.2, -0.15) is 0 Å².